The van der Waals surface area contributed by atoms with Crippen LogP contribution in [0.15, 0.2) is 60.7 Å². The van der Waals surface area contributed by atoms with E-state index in [2.05, 4.69) is 24.3 Å². The van der Waals surface area contributed by atoms with Crippen molar-refractivity contribution in [3.8, 4) is 0 Å². The zero-order chi connectivity index (χ0) is 13.2. The molecule has 0 fully saturated rings. The Morgan fingerprint density at radius 1 is 0.842 bits per heavy atom. The Bertz CT molecular complexity index is 801. The van der Waals surface area contributed by atoms with Crippen molar-refractivity contribution in [2.45, 2.75) is 0 Å². The van der Waals surface area contributed by atoms with Crippen molar-refractivity contribution in [1.29, 1.82) is 0 Å². The Morgan fingerprint density at radius 2 is 1.47 bits per heavy atom. The summed E-state index contributed by atoms with van der Waals surface area (Å²) in [6, 6.07) is 18.4. The number of carboxylic acids is 1. The summed E-state index contributed by atoms with van der Waals surface area (Å²) in [6.45, 7) is 0. The zero-order valence-corrected chi connectivity index (χ0v) is 10.2. The lowest BCUT2D eigenvalue weighted by Crippen LogP contribution is -1.85. The molecule has 0 aliphatic heterocycles. The third-order valence-electron chi connectivity index (χ3n) is 3.15. The summed E-state index contributed by atoms with van der Waals surface area (Å²) in [5.41, 5.74) is 0.894. The molecular formula is C17H12O2. The summed E-state index contributed by atoms with van der Waals surface area (Å²) in [5.74, 6) is -0.932. The first-order chi connectivity index (χ1) is 9.22. The van der Waals surface area contributed by atoms with Gasteiger partial charge in [0.15, 0.2) is 0 Å². The van der Waals surface area contributed by atoms with Gasteiger partial charge in [0, 0.05) is 6.08 Å². The fraction of sp³-hybridized carbons (Fsp3) is 0. The summed E-state index contributed by atoms with van der Waals surface area (Å²) < 4.78 is 0. The van der Waals surface area contributed by atoms with Crippen molar-refractivity contribution in [2.75, 3.05) is 0 Å². The van der Waals surface area contributed by atoms with Gasteiger partial charge in [0.05, 0.1) is 0 Å². The molecule has 0 radical (unpaired) electrons. The van der Waals surface area contributed by atoms with Gasteiger partial charge < -0.3 is 5.11 Å². The first-order valence-corrected chi connectivity index (χ1v) is 6.06. The Hall–Kier alpha value is -2.61. The van der Waals surface area contributed by atoms with Gasteiger partial charge in [-0.05, 0) is 51.4 Å². The van der Waals surface area contributed by atoms with E-state index in [0.29, 0.717) is 0 Å². The molecule has 0 saturated carbocycles. The van der Waals surface area contributed by atoms with Crippen LogP contribution < -0.4 is 0 Å². The molecule has 92 valence electrons. The van der Waals surface area contributed by atoms with Gasteiger partial charge in [-0.25, -0.2) is 4.79 Å². The summed E-state index contributed by atoms with van der Waals surface area (Å²) in [5, 5.41) is 13.3. The van der Waals surface area contributed by atoms with E-state index >= 15 is 0 Å². The molecule has 0 heterocycles. The average molecular weight is 248 g/mol. The van der Waals surface area contributed by atoms with E-state index < -0.39 is 5.97 Å². The quantitative estimate of drug-likeness (QED) is 0.548. The third-order valence-corrected chi connectivity index (χ3v) is 3.15. The molecule has 0 aliphatic carbocycles. The Labute approximate surface area is 110 Å². The van der Waals surface area contributed by atoms with Gasteiger partial charge in [-0.1, -0.05) is 36.4 Å². The maximum atomic E-state index is 10.5. The van der Waals surface area contributed by atoms with Crippen LogP contribution in [0.4, 0.5) is 0 Å². The van der Waals surface area contributed by atoms with Gasteiger partial charge in [-0.3, -0.25) is 0 Å². The van der Waals surface area contributed by atoms with Crippen LogP contribution in [0.2, 0.25) is 0 Å². The minimum atomic E-state index is -0.932. The second kappa shape index (κ2) is 4.58. The van der Waals surface area contributed by atoms with Gasteiger partial charge in [0.25, 0.3) is 0 Å². The maximum absolute atomic E-state index is 10.5. The minimum absolute atomic E-state index is 0.894. The lowest BCUT2D eigenvalue weighted by atomic mass is 10.0. The van der Waals surface area contributed by atoms with E-state index in [1.54, 1.807) is 6.08 Å². The molecule has 3 aromatic carbocycles. The van der Waals surface area contributed by atoms with Gasteiger partial charge in [0.1, 0.15) is 0 Å². The largest absolute Gasteiger partial charge is 0.478 e. The standard InChI is InChI=1S/C17H12O2/c18-17(19)8-6-12-5-7-15-10-13-3-1-2-4-14(13)11-16(15)9-12/h1-11H,(H,18,19). The molecule has 0 unspecified atom stereocenters. The predicted octanol–water partition coefficient (Wildman–Crippen LogP) is 4.09. The van der Waals surface area contributed by atoms with E-state index in [1.807, 2.05) is 30.3 Å². The van der Waals surface area contributed by atoms with Crippen LogP contribution in [0.25, 0.3) is 27.6 Å². The molecule has 0 amide bonds. The van der Waals surface area contributed by atoms with Crippen molar-refractivity contribution in [1.82, 2.24) is 0 Å². The number of hydrogen-bond donors (Lipinski definition) is 1. The SMILES string of the molecule is O=C(O)C=Cc1ccc2cc3ccccc3cc2c1. The summed E-state index contributed by atoms with van der Waals surface area (Å²) in [6.07, 6.45) is 2.76. The monoisotopic (exact) mass is 248 g/mol. The zero-order valence-electron chi connectivity index (χ0n) is 10.2. The highest BCUT2D eigenvalue weighted by Gasteiger charge is 1.98. The summed E-state index contributed by atoms with van der Waals surface area (Å²) >= 11 is 0. The fourth-order valence-electron chi connectivity index (χ4n) is 2.23. The van der Waals surface area contributed by atoms with Crippen molar-refractivity contribution in [3.05, 3.63) is 66.2 Å². The summed E-state index contributed by atoms with van der Waals surface area (Å²) in [4.78, 5) is 10.5. The maximum Gasteiger partial charge on any atom is 0.328 e. The number of aliphatic carboxylic acids is 1. The highest BCUT2D eigenvalue weighted by atomic mass is 16.4. The average Bonchev–Trinajstić information content (AvgIpc) is 2.42. The van der Waals surface area contributed by atoms with Crippen LogP contribution in [0.3, 0.4) is 0 Å². The predicted molar refractivity (Wildman–Crippen MR) is 78.1 cm³/mol. The van der Waals surface area contributed by atoms with Crippen LogP contribution >= 0.6 is 0 Å². The number of hydrogen-bond acceptors (Lipinski definition) is 1. The van der Waals surface area contributed by atoms with E-state index in [0.717, 1.165) is 22.4 Å². The Morgan fingerprint density at radius 3 is 2.16 bits per heavy atom. The van der Waals surface area contributed by atoms with E-state index in [4.69, 9.17) is 5.11 Å². The second-order valence-corrected chi connectivity index (χ2v) is 4.48. The van der Waals surface area contributed by atoms with Crippen molar-refractivity contribution in [3.63, 3.8) is 0 Å². The lowest BCUT2D eigenvalue weighted by molar-refractivity contribution is -0.131. The third kappa shape index (κ3) is 2.33. The van der Waals surface area contributed by atoms with Crippen LogP contribution in [0.5, 0.6) is 0 Å². The molecule has 0 aromatic heterocycles. The Balaban J connectivity index is 2.16. The molecule has 0 spiro atoms. The first kappa shape index (κ1) is 11.5. The molecule has 0 bridgehead atoms. The molecule has 0 atom stereocenters. The van der Waals surface area contributed by atoms with E-state index in [1.165, 1.54) is 10.8 Å². The topological polar surface area (TPSA) is 37.3 Å². The fourth-order valence-corrected chi connectivity index (χ4v) is 2.23. The van der Waals surface area contributed by atoms with Crippen molar-refractivity contribution >= 4 is 33.6 Å². The number of benzene rings is 3. The summed E-state index contributed by atoms with van der Waals surface area (Å²) in [7, 11) is 0. The number of carbonyl (C=O) groups is 1. The van der Waals surface area contributed by atoms with Crippen LogP contribution in [-0.2, 0) is 4.79 Å². The smallest absolute Gasteiger partial charge is 0.328 e. The van der Waals surface area contributed by atoms with Gasteiger partial charge in [0.2, 0.25) is 0 Å². The normalized spacial score (nSPS) is 11.4. The number of carboxylic acid groups (broad SMARTS) is 1. The molecule has 19 heavy (non-hydrogen) atoms. The molecule has 1 N–H and O–H groups in total. The van der Waals surface area contributed by atoms with Crippen LogP contribution in [0, 0.1) is 0 Å². The molecule has 0 saturated heterocycles. The van der Waals surface area contributed by atoms with E-state index in [-0.39, 0.29) is 0 Å². The van der Waals surface area contributed by atoms with Crippen molar-refractivity contribution < 1.29 is 9.90 Å². The second-order valence-electron chi connectivity index (χ2n) is 4.48. The Kier molecular flexibility index (Phi) is 2.76. The number of rotatable bonds is 2. The van der Waals surface area contributed by atoms with Gasteiger partial charge >= 0.3 is 5.97 Å². The lowest BCUT2D eigenvalue weighted by Gasteiger charge is -2.03. The van der Waals surface area contributed by atoms with Crippen LogP contribution in [-0.4, -0.2) is 11.1 Å². The van der Waals surface area contributed by atoms with Crippen molar-refractivity contribution in [2.24, 2.45) is 0 Å². The molecule has 0 aliphatic rings. The molecule has 3 aromatic rings. The number of fused-ring (bicyclic) bond motifs is 2. The molecule has 3 rings (SSSR count). The molecule has 2 nitrogen and oxygen atoms in total. The van der Waals surface area contributed by atoms with Crippen LogP contribution in [0.1, 0.15) is 5.56 Å². The van der Waals surface area contributed by atoms with E-state index in [9.17, 15) is 4.79 Å². The highest BCUT2D eigenvalue weighted by molar-refractivity contribution is 5.99. The first-order valence-electron chi connectivity index (χ1n) is 6.06. The van der Waals surface area contributed by atoms with Gasteiger partial charge in [-0.15, -0.1) is 0 Å². The molecule has 2 heteroatoms. The van der Waals surface area contributed by atoms with Gasteiger partial charge in [-0.2, -0.15) is 0 Å². The minimum Gasteiger partial charge on any atom is -0.478 e. The molecular weight excluding hydrogens is 236 g/mol. The highest BCUT2D eigenvalue weighted by Crippen LogP contribution is 2.24.